The van der Waals surface area contributed by atoms with E-state index in [1.165, 1.54) is 36.3 Å². The van der Waals surface area contributed by atoms with Crippen molar-refractivity contribution in [2.24, 2.45) is 0 Å². The molecule has 1 nitrogen and oxygen atoms in total. The van der Waals surface area contributed by atoms with Gasteiger partial charge in [0.25, 0.3) is 0 Å². The Morgan fingerprint density at radius 3 is 1.17 bits per heavy atom. The Hall–Kier alpha value is -2.32. The number of nitrogens with zero attached hydrogens (tertiary/aromatic N) is 1. The quantitative estimate of drug-likeness (QED) is 0.286. The molecule has 0 fully saturated rings. The van der Waals surface area contributed by atoms with E-state index in [0.717, 1.165) is 12.8 Å². The Bertz CT molecular complexity index is 696. The number of hydrogen-bond acceptors (Lipinski definition) is 1. The van der Waals surface area contributed by atoms with Crippen LogP contribution in [0.4, 0.5) is 0 Å². The first-order valence-corrected chi connectivity index (χ1v) is 11.3. The Balaban J connectivity index is 0.000000396. The van der Waals surface area contributed by atoms with Gasteiger partial charge < -0.3 is 4.90 Å². The molecule has 0 saturated carbocycles. The first-order chi connectivity index (χ1) is 14.7. The standard InChI is InChI=1S/C22H21B.C6H15N/c23-18-10-17-22(19-11-4-1-5-12-19,20-13-6-2-7-14-20)21-15-8-3-9-16-21;1-4-7(5-2)6-3/h1-9,11-16H,10,17-18H2;4-6H2,1-3H3. The van der Waals surface area contributed by atoms with Gasteiger partial charge in [-0.2, -0.15) is 0 Å². The highest BCUT2D eigenvalue weighted by Crippen LogP contribution is 2.43. The molecule has 156 valence electrons. The lowest BCUT2D eigenvalue weighted by atomic mass is 9.66. The molecule has 0 unspecified atom stereocenters. The van der Waals surface area contributed by atoms with Crippen LogP contribution in [0.1, 0.15) is 50.3 Å². The Morgan fingerprint density at radius 1 is 0.600 bits per heavy atom. The average Bonchev–Trinajstić information content (AvgIpc) is 2.83. The van der Waals surface area contributed by atoms with E-state index < -0.39 is 0 Å². The van der Waals surface area contributed by atoms with Gasteiger partial charge >= 0.3 is 0 Å². The molecule has 2 heteroatoms. The smallest absolute Gasteiger partial charge is 0.0653 e. The van der Waals surface area contributed by atoms with Crippen molar-refractivity contribution in [1.82, 2.24) is 4.90 Å². The molecular formula is C28H36BN. The van der Waals surface area contributed by atoms with Gasteiger partial charge in [0.05, 0.1) is 7.85 Å². The summed E-state index contributed by atoms with van der Waals surface area (Å²) in [4.78, 5) is 2.38. The first-order valence-electron chi connectivity index (χ1n) is 11.3. The van der Waals surface area contributed by atoms with Crippen molar-refractivity contribution < 1.29 is 0 Å². The van der Waals surface area contributed by atoms with E-state index in [4.69, 9.17) is 7.85 Å². The van der Waals surface area contributed by atoms with E-state index in [1.807, 2.05) is 0 Å². The highest BCUT2D eigenvalue weighted by Gasteiger charge is 2.35. The maximum absolute atomic E-state index is 5.87. The fraction of sp³-hybridized carbons (Fsp3) is 0.357. The number of rotatable bonds is 9. The Labute approximate surface area is 185 Å². The minimum absolute atomic E-state index is 0.150. The van der Waals surface area contributed by atoms with E-state index >= 15 is 0 Å². The highest BCUT2D eigenvalue weighted by atomic mass is 15.1. The number of hydrogen-bond donors (Lipinski definition) is 0. The third-order valence-corrected chi connectivity index (χ3v) is 5.90. The summed E-state index contributed by atoms with van der Waals surface area (Å²) in [6.07, 6.45) is 2.69. The van der Waals surface area contributed by atoms with Gasteiger partial charge in [-0.05, 0) is 42.7 Å². The zero-order valence-electron chi connectivity index (χ0n) is 18.9. The summed E-state index contributed by atoms with van der Waals surface area (Å²) in [5.74, 6) is 0. The van der Waals surface area contributed by atoms with Crippen LogP contribution in [-0.4, -0.2) is 32.4 Å². The maximum Gasteiger partial charge on any atom is 0.0653 e. The predicted molar refractivity (Wildman–Crippen MR) is 132 cm³/mol. The molecule has 0 aliphatic carbocycles. The normalized spacial score (nSPS) is 11.1. The Kier molecular flexibility index (Phi) is 10.4. The van der Waals surface area contributed by atoms with Crippen LogP contribution in [0.3, 0.4) is 0 Å². The molecule has 0 bridgehead atoms. The van der Waals surface area contributed by atoms with Crippen LogP contribution >= 0.6 is 0 Å². The number of benzene rings is 3. The fourth-order valence-electron chi connectivity index (χ4n) is 4.14. The van der Waals surface area contributed by atoms with Gasteiger partial charge in [0.15, 0.2) is 0 Å². The molecule has 0 aliphatic rings. The topological polar surface area (TPSA) is 3.24 Å². The zero-order chi connectivity index (χ0) is 21.7. The molecule has 0 heterocycles. The predicted octanol–water partition coefficient (Wildman–Crippen LogP) is 6.74. The third-order valence-electron chi connectivity index (χ3n) is 5.90. The molecule has 0 N–H and O–H groups in total. The van der Waals surface area contributed by atoms with Crippen LogP contribution in [0.25, 0.3) is 0 Å². The molecule has 0 atom stereocenters. The van der Waals surface area contributed by atoms with Gasteiger partial charge in [-0.3, -0.25) is 0 Å². The van der Waals surface area contributed by atoms with Crippen LogP contribution in [0.15, 0.2) is 91.0 Å². The molecule has 0 spiro atoms. The lowest BCUT2D eigenvalue weighted by molar-refractivity contribution is 0.321. The van der Waals surface area contributed by atoms with E-state index in [9.17, 15) is 0 Å². The second-order valence-corrected chi connectivity index (χ2v) is 7.52. The van der Waals surface area contributed by atoms with Crippen LogP contribution in [0.2, 0.25) is 6.32 Å². The van der Waals surface area contributed by atoms with Crippen molar-refractivity contribution in [3.8, 4) is 0 Å². The minimum Gasteiger partial charge on any atom is -0.304 e. The monoisotopic (exact) mass is 397 g/mol. The zero-order valence-corrected chi connectivity index (χ0v) is 18.9. The van der Waals surface area contributed by atoms with Crippen molar-refractivity contribution >= 4 is 7.85 Å². The van der Waals surface area contributed by atoms with Gasteiger partial charge in [-0.1, -0.05) is 125 Å². The lowest BCUT2D eigenvalue weighted by Gasteiger charge is -2.36. The van der Waals surface area contributed by atoms with Crippen molar-refractivity contribution in [2.45, 2.75) is 45.3 Å². The molecule has 3 aromatic carbocycles. The van der Waals surface area contributed by atoms with E-state index in [0.29, 0.717) is 6.32 Å². The maximum atomic E-state index is 5.87. The summed E-state index contributed by atoms with van der Waals surface area (Å²) in [6, 6.07) is 32.4. The summed E-state index contributed by atoms with van der Waals surface area (Å²) in [7, 11) is 5.87. The molecule has 0 aromatic heterocycles. The van der Waals surface area contributed by atoms with Crippen LogP contribution < -0.4 is 0 Å². The second kappa shape index (κ2) is 13.1. The van der Waals surface area contributed by atoms with Crippen molar-refractivity contribution in [3.05, 3.63) is 108 Å². The summed E-state index contributed by atoms with van der Waals surface area (Å²) in [5.41, 5.74) is 3.82. The van der Waals surface area contributed by atoms with Gasteiger partial charge in [-0.15, -0.1) is 0 Å². The van der Waals surface area contributed by atoms with Crippen LogP contribution in [0, 0.1) is 0 Å². The highest BCUT2D eigenvalue weighted by molar-refractivity contribution is 6.08. The van der Waals surface area contributed by atoms with E-state index in [2.05, 4.69) is 117 Å². The van der Waals surface area contributed by atoms with Gasteiger partial charge in [0.1, 0.15) is 0 Å². The molecular weight excluding hydrogens is 361 g/mol. The SMILES string of the molecule is CCN(CC)CC.[B]CCCC(c1ccccc1)(c1ccccc1)c1ccccc1. The summed E-state index contributed by atoms with van der Waals surface area (Å²) < 4.78 is 0. The van der Waals surface area contributed by atoms with E-state index in [1.54, 1.807) is 0 Å². The second-order valence-electron chi connectivity index (χ2n) is 7.52. The fourth-order valence-corrected chi connectivity index (χ4v) is 4.14. The van der Waals surface area contributed by atoms with Gasteiger partial charge in [-0.25, -0.2) is 0 Å². The lowest BCUT2D eigenvalue weighted by Crippen LogP contribution is -2.29. The molecule has 3 aromatic rings. The van der Waals surface area contributed by atoms with Crippen LogP contribution in [0.5, 0.6) is 0 Å². The Morgan fingerprint density at radius 2 is 0.933 bits per heavy atom. The molecule has 0 saturated heterocycles. The molecule has 2 radical (unpaired) electrons. The van der Waals surface area contributed by atoms with Crippen molar-refractivity contribution in [1.29, 1.82) is 0 Å². The molecule has 0 aliphatic heterocycles. The van der Waals surface area contributed by atoms with Crippen LogP contribution in [-0.2, 0) is 5.41 Å². The van der Waals surface area contributed by atoms with Crippen molar-refractivity contribution in [3.63, 3.8) is 0 Å². The van der Waals surface area contributed by atoms with E-state index in [-0.39, 0.29) is 5.41 Å². The summed E-state index contributed by atoms with van der Waals surface area (Å²) >= 11 is 0. The third kappa shape index (κ3) is 6.09. The molecule has 0 amide bonds. The molecule has 30 heavy (non-hydrogen) atoms. The van der Waals surface area contributed by atoms with Crippen molar-refractivity contribution in [2.75, 3.05) is 19.6 Å². The minimum atomic E-state index is -0.150. The van der Waals surface area contributed by atoms with Gasteiger partial charge in [0, 0.05) is 5.41 Å². The largest absolute Gasteiger partial charge is 0.304 e. The summed E-state index contributed by atoms with van der Waals surface area (Å²) in [6.45, 7) is 10.1. The average molecular weight is 397 g/mol. The molecule has 3 rings (SSSR count). The van der Waals surface area contributed by atoms with Gasteiger partial charge in [0.2, 0.25) is 0 Å². The first kappa shape index (κ1) is 24.0. The summed E-state index contributed by atoms with van der Waals surface area (Å²) in [5, 5.41) is 0.